The molecule has 0 aliphatic rings. The molecule has 1 aromatic carbocycles. The van der Waals surface area contributed by atoms with Crippen LogP contribution in [0.1, 0.15) is 10.6 Å². The van der Waals surface area contributed by atoms with E-state index in [-0.39, 0.29) is 11.7 Å². The van der Waals surface area contributed by atoms with Crippen LogP contribution >= 0.6 is 23.2 Å². The van der Waals surface area contributed by atoms with E-state index in [4.69, 9.17) is 27.6 Å². The molecule has 0 radical (unpaired) electrons. The minimum Gasteiger partial charge on any atom is -0.451 e. The summed E-state index contributed by atoms with van der Waals surface area (Å²) < 4.78 is 5.56. The quantitative estimate of drug-likeness (QED) is 0.742. The van der Waals surface area contributed by atoms with Gasteiger partial charge in [0.25, 0.3) is 5.91 Å². The SMILES string of the molecule is O=C(Nc1cccnc1)c1ccc(-c2ccc(Cl)cc2Cl)o1. The predicted molar refractivity (Wildman–Crippen MR) is 86.4 cm³/mol. The highest BCUT2D eigenvalue weighted by Gasteiger charge is 2.14. The Morgan fingerprint density at radius 2 is 2.00 bits per heavy atom. The van der Waals surface area contributed by atoms with Crippen LogP contribution in [0.15, 0.2) is 59.3 Å². The predicted octanol–water partition coefficient (Wildman–Crippen LogP) is 4.90. The number of benzene rings is 1. The number of furan rings is 1. The lowest BCUT2D eigenvalue weighted by Crippen LogP contribution is -2.10. The second-order valence-corrected chi connectivity index (χ2v) is 5.33. The van der Waals surface area contributed by atoms with Crippen molar-refractivity contribution in [1.82, 2.24) is 4.98 Å². The van der Waals surface area contributed by atoms with Gasteiger partial charge in [-0.1, -0.05) is 23.2 Å². The van der Waals surface area contributed by atoms with Gasteiger partial charge in [-0.15, -0.1) is 0 Å². The molecule has 0 aliphatic carbocycles. The topological polar surface area (TPSA) is 55.1 Å². The molecule has 1 N–H and O–H groups in total. The fraction of sp³-hybridized carbons (Fsp3) is 0. The number of pyridine rings is 1. The summed E-state index contributed by atoms with van der Waals surface area (Å²) in [5.74, 6) is 0.326. The molecule has 3 aromatic rings. The van der Waals surface area contributed by atoms with Crippen molar-refractivity contribution in [2.75, 3.05) is 5.32 Å². The van der Waals surface area contributed by atoms with Crippen LogP contribution in [0, 0.1) is 0 Å². The van der Waals surface area contributed by atoms with Gasteiger partial charge in [-0.2, -0.15) is 0 Å². The number of nitrogens with zero attached hydrogens (tertiary/aromatic N) is 1. The zero-order valence-electron chi connectivity index (χ0n) is 11.2. The first-order valence-electron chi connectivity index (χ1n) is 6.40. The van der Waals surface area contributed by atoms with Crippen LogP contribution in [0.4, 0.5) is 5.69 Å². The van der Waals surface area contributed by atoms with E-state index in [2.05, 4.69) is 10.3 Å². The van der Waals surface area contributed by atoms with Crippen molar-refractivity contribution in [3.8, 4) is 11.3 Å². The van der Waals surface area contributed by atoms with Crippen LogP contribution in [0.5, 0.6) is 0 Å². The summed E-state index contributed by atoms with van der Waals surface area (Å²) in [7, 11) is 0. The van der Waals surface area contributed by atoms with Crippen molar-refractivity contribution in [2.45, 2.75) is 0 Å². The van der Waals surface area contributed by atoms with Crippen molar-refractivity contribution in [1.29, 1.82) is 0 Å². The number of anilines is 1. The molecule has 0 atom stereocenters. The number of halogens is 2. The van der Waals surface area contributed by atoms with E-state index in [0.29, 0.717) is 27.1 Å². The fourth-order valence-electron chi connectivity index (χ4n) is 1.92. The van der Waals surface area contributed by atoms with Gasteiger partial charge in [0, 0.05) is 16.8 Å². The van der Waals surface area contributed by atoms with Crippen LogP contribution < -0.4 is 5.32 Å². The van der Waals surface area contributed by atoms with E-state index in [1.807, 2.05) is 0 Å². The van der Waals surface area contributed by atoms with E-state index in [9.17, 15) is 4.79 Å². The summed E-state index contributed by atoms with van der Waals surface area (Å²) in [5, 5.41) is 3.69. The van der Waals surface area contributed by atoms with Crippen molar-refractivity contribution < 1.29 is 9.21 Å². The van der Waals surface area contributed by atoms with Crippen molar-refractivity contribution in [3.63, 3.8) is 0 Å². The highest BCUT2D eigenvalue weighted by molar-refractivity contribution is 6.36. The van der Waals surface area contributed by atoms with E-state index in [1.54, 1.807) is 54.9 Å². The van der Waals surface area contributed by atoms with Crippen molar-refractivity contribution >= 4 is 34.8 Å². The summed E-state index contributed by atoms with van der Waals surface area (Å²) in [4.78, 5) is 16.0. The molecule has 0 saturated carbocycles. The van der Waals surface area contributed by atoms with E-state index >= 15 is 0 Å². The minimum absolute atomic E-state index is 0.185. The van der Waals surface area contributed by atoms with Crippen LogP contribution in [0.2, 0.25) is 10.0 Å². The number of aromatic nitrogens is 1. The second-order valence-electron chi connectivity index (χ2n) is 4.48. The lowest BCUT2D eigenvalue weighted by atomic mass is 10.2. The highest BCUT2D eigenvalue weighted by Crippen LogP contribution is 2.31. The van der Waals surface area contributed by atoms with E-state index < -0.39 is 0 Å². The Hall–Kier alpha value is -2.30. The summed E-state index contributed by atoms with van der Waals surface area (Å²) in [6.45, 7) is 0. The highest BCUT2D eigenvalue weighted by atomic mass is 35.5. The number of hydrogen-bond donors (Lipinski definition) is 1. The van der Waals surface area contributed by atoms with E-state index in [0.717, 1.165) is 0 Å². The van der Waals surface area contributed by atoms with Crippen LogP contribution in [-0.4, -0.2) is 10.9 Å². The molecule has 1 amide bonds. The molecule has 4 nitrogen and oxygen atoms in total. The molecule has 2 heterocycles. The molecule has 0 aliphatic heterocycles. The minimum atomic E-state index is -0.357. The number of carbonyl (C=O) groups excluding carboxylic acids is 1. The van der Waals surface area contributed by atoms with Crippen LogP contribution in [0.25, 0.3) is 11.3 Å². The Morgan fingerprint density at radius 1 is 1.14 bits per heavy atom. The Balaban J connectivity index is 1.83. The molecule has 110 valence electrons. The van der Waals surface area contributed by atoms with Crippen molar-refractivity contribution in [3.05, 3.63) is 70.7 Å². The van der Waals surface area contributed by atoms with Gasteiger partial charge in [0.15, 0.2) is 5.76 Å². The van der Waals surface area contributed by atoms with Gasteiger partial charge in [0.1, 0.15) is 5.76 Å². The molecule has 3 rings (SSSR count). The van der Waals surface area contributed by atoms with Crippen LogP contribution in [0.3, 0.4) is 0 Å². The summed E-state index contributed by atoms with van der Waals surface area (Å²) >= 11 is 12.0. The third-order valence-corrected chi connectivity index (χ3v) is 3.49. The van der Waals surface area contributed by atoms with E-state index in [1.165, 1.54) is 0 Å². The molecule has 0 spiro atoms. The number of nitrogens with one attached hydrogen (secondary N) is 1. The first-order valence-corrected chi connectivity index (χ1v) is 7.16. The van der Waals surface area contributed by atoms with Gasteiger partial charge in [0.2, 0.25) is 0 Å². The summed E-state index contributed by atoms with van der Waals surface area (Å²) in [6, 6.07) is 11.8. The largest absolute Gasteiger partial charge is 0.451 e. The molecule has 0 saturated heterocycles. The van der Waals surface area contributed by atoms with Crippen LogP contribution in [-0.2, 0) is 0 Å². The lowest BCUT2D eigenvalue weighted by Gasteiger charge is -2.03. The monoisotopic (exact) mass is 332 g/mol. The summed E-state index contributed by atoms with van der Waals surface area (Å²) in [6.07, 6.45) is 3.18. The lowest BCUT2D eigenvalue weighted by molar-refractivity contribution is 0.0997. The van der Waals surface area contributed by atoms with Gasteiger partial charge < -0.3 is 9.73 Å². The molecule has 22 heavy (non-hydrogen) atoms. The molecular formula is C16H10Cl2N2O2. The van der Waals surface area contributed by atoms with Gasteiger partial charge in [0.05, 0.1) is 16.9 Å². The molecule has 6 heteroatoms. The Labute approximate surface area is 136 Å². The third kappa shape index (κ3) is 3.13. The average molecular weight is 333 g/mol. The Kier molecular flexibility index (Phi) is 4.13. The summed E-state index contributed by atoms with van der Waals surface area (Å²) in [5.41, 5.74) is 1.27. The first-order chi connectivity index (χ1) is 10.6. The zero-order chi connectivity index (χ0) is 15.5. The maximum absolute atomic E-state index is 12.1. The number of rotatable bonds is 3. The second kappa shape index (κ2) is 6.22. The number of amides is 1. The number of hydrogen-bond acceptors (Lipinski definition) is 3. The van der Waals surface area contributed by atoms with Gasteiger partial charge >= 0.3 is 0 Å². The molecule has 0 unspecified atom stereocenters. The normalized spacial score (nSPS) is 10.5. The maximum Gasteiger partial charge on any atom is 0.291 e. The fourth-order valence-corrected chi connectivity index (χ4v) is 2.42. The van der Waals surface area contributed by atoms with Gasteiger partial charge in [-0.3, -0.25) is 9.78 Å². The first kappa shape index (κ1) is 14.6. The number of carbonyl (C=O) groups is 1. The Morgan fingerprint density at radius 3 is 2.73 bits per heavy atom. The Bertz CT molecular complexity index is 816. The molecule has 0 bridgehead atoms. The standard InChI is InChI=1S/C16H10Cl2N2O2/c17-10-3-4-12(13(18)8-10)14-5-6-15(22-14)16(21)20-11-2-1-7-19-9-11/h1-9H,(H,20,21). The average Bonchev–Trinajstić information content (AvgIpc) is 2.98. The van der Waals surface area contributed by atoms with Gasteiger partial charge in [-0.05, 0) is 42.5 Å². The molecular weight excluding hydrogens is 323 g/mol. The van der Waals surface area contributed by atoms with Gasteiger partial charge in [-0.25, -0.2) is 0 Å². The molecule has 0 fully saturated rings. The molecule has 2 aromatic heterocycles. The maximum atomic E-state index is 12.1. The third-order valence-electron chi connectivity index (χ3n) is 2.95. The smallest absolute Gasteiger partial charge is 0.291 e. The van der Waals surface area contributed by atoms with Crippen molar-refractivity contribution in [2.24, 2.45) is 0 Å². The zero-order valence-corrected chi connectivity index (χ0v) is 12.7.